The fourth-order valence-electron chi connectivity index (χ4n) is 3.31. The molecule has 1 heterocycles. The molecule has 0 saturated heterocycles. The maximum absolute atomic E-state index is 13.4. The lowest BCUT2D eigenvalue weighted by Gasteiger charge is -2.31. The third-order valence-electron chi connectivity index (χ3n) is 4.89. The van der Waals surface area contributed by atoms with Gasteiger partial charge in [0.25, 0.3) is 10.0 Å². The number of para-hydroxylation sites is 1. The number of sulfonamides is 1. The van der Waals surface area contributed by atoms with Crippen LogP contribution in [0.5, 0.6) is 5.75 Å². The van der Waals surface area contributed by atoms with Gasteiger partial charge in [-0.25, -0.2) is 8.42 Å². The number of allylic oxidation sites excluding steroid dienone is 1. The number of nitrogens with zero attached hydrogens (tertiary/aromatic N) is 1. The van der Waals surface area contributed by atoms with Gasteiger partial charge in [-0.15, -0.1) is 0 Å². The summed E-state index contributed by atoms with van der Waals surface area (Å²) in [6, 6.07) is 20.6. The average Bonchev–Trinajstić information content (AvgIpc) is 2.78. The predicted molar refractivity (Wildman–Crippen MR) is 122 cm³/mol. The van der Waals surface area contributed by atoms with E-state index in [1.54, 1.807) is 72.8 Å². The molecule has 1 aliphatic heterocycles. The van der Waals surface area contributed by atoms with Gasteiger partial charge < -0.3 is 10.1 Å². The van der Waals surface area contributed by atoms with Crippen LogP contribution in [0.1, 0.15) is 15.9 Å². The molecule has 1 aliphatic rings. The molecule has 0 aromatic heterocycles. The zero-order valence-corrected chi connectivity index (χ0v) is 18.2. The summed E-state index contributed by atoms with van der Waals surface area (Å²) < 4.78 is 33.3. The van der Waals surface area contributed by atoms with Gasteiger partial charge in [0.1, 0.15) is 5.75 Å². The summed E-state index contributed by atoms with van der Waals surface area (Å²) in [4.78, 5) is 12.7. The first kappa shape index (κ1) is 21.0. The van der Waals surface area contributed by atoms with Crippen molar-refractivity contribution in [3.63, 3.8) is 0 Å². The second kappa shape index (κ2) is 8.45. The molecule has 0 amide bonds. The number of rotatable bonds is 5. The number of methoxy groups -OCH3 is 1. The topological polar surface area (TPSA) is 75.7 Å². The lowest BCUT2D eigenvalue weighted by atomic mass is 10.1. The van der Waals surface area contributed by atoms with E-state index in [0.717, 1.165) is 5.56 Å². The zero-order chi connectivity index (χ0) is 22.0. The first-order chi connectivity index (χ1) is 14.9. The zero-order valence-electron chi connectivity index (χ0n) is 16.6. The summed E-state index contributed by atoms with van der Waals surface area (Å²) >= 11 is 5.95. The molecule has 158 valence electrons. The van der Waals surface area contributed by atoms with Crippen LogP contribution in [-0.4, -0.2) is 21.3 Å². The molecule has 0 unspecified atom stereocenters. The molecule has 0 aliphatic carbocycles. The van der Waals surface area contributed by atoms with Crippen molar-refractivity contribution in [3.8, 4) is 5.75 Å². The molecular weight excluding hydrogens is 436 g/mol. The largest absolute Gasteiger partial charge is 0.497 e. The van der Waals surface area contributed by atoms with Crippen LogP contribution < -0.4 is 14.4 Å². The van der Waals surface area contributed by atoms with Crippen molar-refractivity contribution in [1.82, 2.24) is 0 Å². The number of carbonyl (C=O) groups is 1. The quantitative estimate of drug-likeness (QED) is 0.558. The number of anilines is 2. The molecule has 6 nitrogen and oxygen atoms in total. The van der Waals surface area contributed by atoms with Gasteiger partial charge in [-0.05, 0) is 42.0 Å². The Balaban J connectivity index is 1.76. The van der Waals surface area contributed by atoms with Gasteiger partial charge in [0.05, 0.1) is 19.3 Å². The summed E-state index contributed by atoms with van der Waals surface area (Å²) in [6.45, 7) is 0.0697. The van der Waals surface area contributed by atoms with Crippen LogP contribution in [0.2, 0.25) is 5.02 Å². The van der Waals surface area contributed by atoms with Crippen molar-refractivity contribution < 1.29 is 17.9 Å². The van der Waals surface area contributed by atoms with E-state index in [9.17, 15) is 13.2 Å². The number of fused-ring (bicyclic) bond motifs is 1. The summed E-state index contributed by atoms with van der Waals surface area (Å²) in [6.07, 6.45) is 1.23. The minimum atomic E-state index is -4.10. The Morgan fingerprint density at radius 3 is 2.52 bits per heavy atom. The van der Waals surface area contributed by atoms with Crippen molar-refractivity contribution in [2.75, 3.05) is 16.7 Å². The summed E-state index contributed by atoms with van der Waals surface area (Å²) in [5, 5.41) is 3.47. The van der Waals surface area contributed by atoms with Crippen LogP contribution in [0.15, 0.2) is 83.9 Å². The third kappa shape index (κ3) is 4.15. The Bertz CT molecular complexity index is 1270. The highest BCUT2D eigenvalue weighted by atomic mass is 35.5. The van der Waals surface area contributed by atoms with E-state index in [0.29, 0.717) is 27.7 Å². The highest BCUT2D eigenvalue weighted by Gasteiger charge is 2.40. The number of benzene rings is 3. The van der Waals surface area contributed by atoms with Gasteiger partial charge in [-0.1, -0.05) is 41.9 Å². The van der Waals surface area contributed by atoms with E-state index < -0.39 is 15.8 Å². The number of nitrogens with one attached hydrogen (secondary N) is 1. The van der Waals surface area contributed by atoms with Crippen LogP contribution in [0.3, 0.4) is 0 Å². The highest BCUT2D eigenvalue weighted by Crippen LogP contribution is 2.36. The van der Waals surface area contributed by atoms with Gasteiger partial charge in [-0.3, -0.25) is 9.10 Å². The Kier molecular flexibility index (Phi) is 5.71. The van der Waals surface area contributed by atoms with Crippen molar-refractivity contribution in [2.45, 2.75) is 6.54 Å². The molecule has 0 atom stereocenters. The second-order valence-electron chi connectivity index (χ2n) is 6.87. The molecule has 3 aromatic carbocycles. The molecule has 1 N–H and O–H groups in total. The van der Waals surface area contributed by atoms with Crippen LogP contribution in [0, 0.1) is 0 Å². The fourth-order valence-corrected chi connectivity index (χ4v) is 4.96. The molecule has 8 heteroatoms. The highest BCUT2D eigenvalue weighted by molar-refractivity contribution is 7.97. The fraction of sp³-hybridized carbons (Fsp3) is 0.0870. The maximum atomic E-state index is 13.4. The molecule has 0 bridgehead atoms. The Labute approximate surface area is 185 Å². The van der Waals surface area contributed by atoms with Crippen LogP contribution in [0.4, 0.5) is 11.4 Å². The smallest absolute Gasteiger partial charge is 0.270 e. The van der Waals surface area contributed by atoms with E-state index >= 15 is 0 Å². The molecule has 3 aromatic rings. The summed E-state index contributed by atoms with van der Waals surface area (Å²) in [5.41, 5.74) is 2.01. The monoisotopic (exact) mass is 454 g/mol. The molecule has 0 saturated carbocycles. The van der Waals surface area contributed by atoms with Crippen molar-refractivity contribution in [2.24, 2.45) is 0 Å². The van der Waals surface area contributed by atoms with Crippen molar-refractivity contribution in [1.29, 1.82) is 0 Å². The van der Waals surface area contributed by atoms with E-state index in [2.05, 4.69) is 5.32 Å². The number of ether oxygens (including phenoxy) is 1. The maximum Gasteiger partial charge on any atom is 0.270 e. The van der Waals surface area contributed by atoms with Crippen LogP contribution >= 0.6 is 11.6 Å². The van der Waals surface area contributed by atoms with Gasteiger partial charge in [0.15, 0.2) is 4.91 Å². The van der Waals surface area contributed by atoms with Crippen molar-refractivity contribution in [3.05, 3.63) is 100 Å². The molecule has 0 fully saturated rings. The molecule has 4 rings (SSSR count). The lowest BCUT2D eigenvalue weighted by Crippen LogP contribution is -2.39. The predicted octanol–water partition coefficient (Wildman–Crippen LogP) is 4.83. The van der Waals surface area contributed by atoms with Crippen LogP contribution in [-0.2, 0) is 16.6 Å². The van der Waals surface area contributed by atoms with E-state index in [1.807, 2.05) is 0 Å². The minimum Gasteiger partial charge on any atom is -0.497 e. The number of hydrogen-bond acceptors (Lipinski definition) is 5. The normalized spacial score (nSPS) is 16.1. The van der Waals surface area contributed by atoms with Gasteiger partial charge in [0, 0.05) is 28.5 Å². The second-order valence-corrected chi connectivity index (χ2v) is 9.14. The molecule has 0 radical (unpaired) electrons. The number of hydrogen-bond donors (Lipinski definition) is 1. The van der Waals surface area contributed by atoms with Gasteiger partial charge in [0.2, 0.25) is 5.78 Å². The lowest BCUT2D eigenvalue weighted by molar-refractivity contribution is 0.104. The Morgan fingerprint density at radius 1 is 1.03 bits per heavy atom. The van der Waals surface area contributed by atoms with Gasteiger partial charge >= 0.3 is 0 Å². The first-order valence-electron chi connectivity index (χ1n) is 9.42. The molecular formula is C23H19ClN2O4S. The summed E-state index contributed by atoms with van der Waals surface area (Å²) in [7, 11) is -2.56. The van der Waals surface area contributed by atoms with Gasteiger partial charge in [-0.2, -0.15) is 0 Å². The van der Waals surface area contributed by atoms with Crippen molar-refractivity contribution >= 4 is 38.8 Å². The third-order valence-corrected chi connectivity index (χ3v) is 6.91. The standard InChI is InChI=1S/C23H19ClN2O4S/c1-30-19-6-4-5-18(13-19)25-14-22-23(27)20-7-2-3-8-21(20)26(31(22,28)29)15-16-9-11-17(24)12-10-16/h2-14,25H,15H2,1H3/b22-14-. The van der Waals surface area contributed by atoms with E-state index in [-0.39, 0.29) is 11.4 Å². The number of carbonyl (C=O) groups excluding carboxylic acids is 1. The number of ketones is 1. The average molecular weight is 455 g/mol. The first-order valence-corrected chi connectivity index (χ1v) is 11.2. The minimum absolute atomic E-state index is 0.0697. The Hall–Kier alpha value is -3.29. The number of halogens is 1. The van der Waals surface area contributed by atoms with Crippen LogP contribution in [0.25, 0.3) is 0 Å². The molecule has 0 spiro atoms. The van der Waals surface area contributed by atoms with E-state index in [1.165, 1.54) is 17.6 Å². The summed E-state index contributed by atoms with van der Waals surface area (Å²) in [5.74, 6) is 0.0503. The number of Topliss-reactive ketones (excluding diaryl/α,β-unsaturated/α-hetero) is 1. The van der Waals surface area contributed by atoms with E-state index in [4.69, 9.17) is 16.3 Å². The molecule has 31 heavy (non-hydrogen) atoms. The SMILES string of the molecule is COc1cccc(N/C=C2/C(=O)c3ccccc3N(Cc3ccc(Cl)cc3)S2(=O)=O)c1. The Morgan fingerprint density at radius 2 is 1.77 bits per heavy atom.